The second-order valence-electron chi connectivity index (χ2n) is 6.36. The van der Waals surface area contributed by atoms with Gasteiger partial charge >= 0.3 is 0 Å². The standard InChI is InChI=1S/C22H26N2O2/c1-4-11-20(21(25)23-16(2)18-12-7-5-8-13-18)22(26)24-17(3)19-14-9-6-10-15-19/h4-10,12-17,20H,1,11H2,2-3H3,(H,23,25)(H,24,26)/t16-,17-/m0/s1. The second kappa shape index (κ2) is 9.56. The maximum Gasteiger partial charge on any atom is 0.233 e. The number of hydrogen-bond donors (Lipinski definition) is 2. The fourth-order valence-corrected chi connectivity index (χ4v) is 2.78. The van der Waals surface area contributed by atoms with E-state index in [9.17, 15) is 9.59 Å². The minimum absolute atomic E-state index is 0.171. The molecule has 2 amide bonds. The van der Waals surface area contributed by atoms with Crippen LogP contribution in [0.1, 0.15) is 43.5 Å². The Morgan fingerprint density at radius 2 is 1.23 bits per heavy atom. The van der Waals surface area contributed by atoms with Crippen molar-refractivity contribution in [1.29, 1.82) is 0 Å². The summed E-state index contributed by atoms with van der Waals surface area (Å²) in [5.41, 5.74) is 1.99. The summed E-state index contributed by atoms with van der Waals surface area (Å²) < 4.78 is 0. The highest BCUT2D eigenvalue weighted by atomic mass is 16.2. The van der Waals surface area contributed by atoms with Gasteiger partial charge in [0.1, 0.15) is 5.92 Å². The summed E-state index contributed by atoms with van der Waals surface area (Å²) in [6.45, 7) is 7.49. The van der Waals surface area contributed by atoms with Gasteiger partial charge < -0.3 is 10.6 Å². The van der Waals surface area contributed by atoms with Crippen LogP contribution < -0.4 is 10.6 Å². The molecule has 136 valence electrons. The molecule has 0 spiro atoms. The molecule has 0 saturated carbocycles. The van der Waals surface area contributed by atoms with Gasteiger partial charge in [0.2, 0.25) is 11.8 Å². The van der Waals surface area contributed by atoms with Crippen molar-refractivity contribution in [2.45, 2.75) is 32.4 Å². The van der Waals surface area contributed by atoms with E-state index < -0.39 is 5.92 Å². The molecule has 2 aromatic carbocycles. The molecule has 4 nitrogen and oxygen atoms in total. The molecule has 0 aliphatic heterocycles. The van der Waals surface area contributed by atoms with Crippen LogP contribution in [0.4, 0.5) is 0 Å². The van der Waals surface area contributed by atoms with E-state index >= 15 is 0 Å². The smallest absolute Gasteiger partial charge is 0.233 e. The number of carbonyl (C=O) groups excluding carboxylic acids is 2. The highest BCUT2D eigenvalue weighted by Gasteiger charge is 2.27. The molecule has 2 rings (SSSR count). The molecule has 0 aromatic heterocycles. The molecular formula is C22H26N2O2. The first kappa shape index (κ1) is 19.4. The van der Waals surface area contributed by atoms with Crippen molar-refractivity contribution in [3.63, 3.8) is 0 Å². The van der Waals surface area contributed by atoms with Crippen LogP contribution >= 0.6 is 0 Å². The number of benzene rings is 2. The Bertz CT molecular complexity index is 669. The molecule has 0 fully saturated rings. The van der Waals surface area contributed by atoms with Gasteiger partial charge in [-0.05, 0) is 31.4 Å². The third-order valence-electron chi connectivity index (χ3n) is 4.35. The van der Waals surface area contributed by atoms with Gasteiger partial charge in [0.05, 0.1) is 12.1 Å². The average molecular weight is 350 g/mol. The SMILES string of the molecule is C=CCC(C(=O)N[C@@H](C)c1ccccc1)C(=O)N[C@@H](C)c1ccccc1. The van der Waals surface area contributed by atoms with Gasteiger partial charge in [-0.2, -0.15) is 0 Å². The summed E-state index contributed by atoms with van der Waals surface area (Å²) in [5.74, 6) is -1.39. The maximum absolute atomic E-state index is 12.7. The van der Waals surface area contributed by atoms with Crippen LogP contribution in [0.15, 0.2) is 73.3 Å². The topological polar surface area (TPSA) is 58.2 Å². The predicted molar refractivity (Wildman–Crippen MR) is 104 cm³/mol. The summed E-state index contributed by atoms with van der Waals surface area (Å²) in [6.07, 6.45) is 1.89. The number of allylic oxidation sites excluding steroid dienone is 1. The minimum atomic E-state index is -0.801. The van der Waals surface area contributed by atoms with Crippen molar-refractivity contribution in [2.75, 3.05) is 0 Å². The molecule has 0 heterocycles. The van der Waals surface area contributed by atoms with Crippen LogP contribution in [0.5, 0.6) is 0 Å². The Morgan fingerprint density at radius 3 is 1.58 bits per heavy atom. The minimum Gasteiger partial charge on any atom is -0.349 e. The van der Waals surface area contributed by atoms with Gasteiger partial charge in [-0.3, -0.25) is 9.59 Å². The third kappa shape index (κ3) is 5.31. The lowest BCUT2D eigenvalue weighted by Crippen LogP contribution is -2.42. The first-order valence-corrected chi connectivity index (χ1v) is 8.84. The van der Waals surface area contributed by atoms with Crippen LogP contribution in [0.2, 0.25) is 0 Å². The number of amides is 2. The fraction of sp³-hybridized carbons (Fsp3) is 0.273. The molecule has 26 heavy (non-hydrogen) atoms. The van der Waals surface area contributed by atoms with Crippen LogP contribution in [0.3, 0.4) is 0 Å². The summed E-state index contributed by atoms with van der Waals surface area (Å²) in [7, 11) is 0. The number of nitrogens with one attached hydrogen (secondary N) is 2. The second-order valence-corrected chi connectivity index (χ2v) is 6.36. The van der Waals surface area contributed by atoms with Gasteiger partial charge in [0, 0.05) is 0 Å². The third-order valence-corrected chi connectivity index (χ3v) is 4.35. The summed E-state index contributed by atoms with van der Waals surface area (Å²) in [4.78, 5) is 25.3. The molecule has 4 heteroatoms. The van der Waals surface area contributed by atoms with E-state index in [4.69, 9.17) is 0 Å². The highest BCUT2D eigenvalue weighted by molar-refractivity contribution is 6.00. The Morgan fingerprint density at radius 1 is 0.846 bits per heavy atom. The number of carbonyl (C=O) groups is 2. The zero-order chi connectivity index (χ0) is 18.9. The Hall–Kier alpha value is -2.88. The van der Waals surface area contributed by atoms with Gasteiger partial charge in [-0.25, -0.2) is 0 Å². The average Bonchev–Trinajstić information content (AvgIpc) is 2.67. The number of hydrogen-bond acceptors (Lipinski definition) is 2. The van der Waals surface area contributed by atoms with E-state index in [1.165, 1.54) is 0 Å². The molecule has 0 bridgehead atoms. The molecule has 0 saturated heterocycles. The zero-order valence-corrected chi connectivity index (χ0v) is 15.3. The predicted octanol–water partition coefficient (Wildman–Crippen LogP) is 3.93. The monoisotopic (exact) mass is 350 g/mol. The van der Waals surface area contributed by atoms with E-state index in [1.807, 2.05) is 74.5 Å². The lowest BCUT2D eigenvalue weighted by atomic mass is 10.0. The molecule has 0 aliphatic carbocycles. The Labute approximate surface area is 155 Å². The van der Waals surface area contributed by atoms with Crippen molar-refractivity contribution in [2.24, 2.45) is 5.92 Å². The van der Waals surface area contributed by atoms with Crippen LogP contribution in [0, 0.1) is 5.92 Å². The molecule has 0 radical (unpaired) electrons. The molecular weight excluding hydrogens is 324 g/mol. The molecule has 0 aliphatic rings. The van der Waals surface area contributed by atoms with Crippen molar-refractivity contribution in [1.82, 2.24) is 10.6 Å². The van der Waals surface area contributed by atoms with Crippen molar-refractivity contribution in [3.05, 3.63) is 84.4 Å². The summed E-state index contributed by atoms with van der Waals surface area (Å²) in [5, 5.41) is 5.85. The van der Waals surface area contributed by atoms with Crippen LogP contribution in [0.25, 0.3) is 0 Å². The normalized spacial score (nSPS) is 12.9. The van der Waals surface area contributed by atoms with E-state index in [0.717, 1.165) is 11.1 Å². The van der Waals surface area contributed by atoms with E-state index in [2.05, 4.69) is 17.2 Å². The highest BCUT2D eigenvalue weighted by Crippen LogP contribution is 2.16. The molecule has 2 atom stereocenters. The largest absolute Gasteiger partial charge is 0.349 e. The van der Waals surface area contributed by atoms with Crippen molar-refractivity contribution < 1.29 is 9.59 Å². The lowest BCUT2D eigenvalue weighted by Gasteiger charge is -2.21. The molecule has 2 N–H and O–H groups in total. The molecule has 0 unspecified atom stereocenters. The van der Waals surface area contributed by atoms with E-state index in [0.29, 0.717) is 6.42 Å². The van der Waals surface area contributed by atoms with Crippen LogP contribution in [-0.2, 0) is 9.59 Å². The van der Waals surface area contributed by atoms with Crippen molar-refractivity contribution >= 4 is 11.8 Å². The van der Waals surface area contributed by atoms with E-state index in [1.54, 1.807) is 6.08 Å². The quantitative estimate of drug-likeness (QED) is 0.560. The lowest BCUT2D eigenvalue weighted by molar-refractivity contribution is -0.135. The zero-order valence-electron chi connectivity index (χ0n) is 15.3. The first-order valence-electron chi connectivity index (χ1n) is 8.84. The van der Waals surface area contributed by atoms with Gasteiger partial charge in [0.15, 0.2) is 0 Å². The maximum atomic E-state index is 12.7. The van der Waals surface area contributed by atoms with Gasteiger partial charge in [0.25, 0.3) is 0 Å². The van der Waals surface area contributed by atoms with Gasteiger partial charge in [-0.1, -0.05) is 66.7 Å². The van der Waals surface area contributed by atoms with Gasteiger partial charge in [-0.15, -0.1) is 6.58 Å². The summed E-state index contributed by atoms with van der Waals surface area (Å²) in [6, 6.07) is 19.0. The summed E-state index contributed by atoms with van der Waals surface area (Å²) >= 11 is 0. The Kier molecular flexibility index (Phi) is 7.15. The van der Waals surface area contributed by atoms with Crippen molar-refractivity contribution in [3.8, 4) is 0 Å². The van der Waals surface area contributed by atoms with E-state index in [-0.39, 0.29) is 23.9 Å². The molecule has 2 aromatic rings. The first-order chi connectivity index (χ1) is 12.5. The Balaban J connectivity index is 2.03. The number of rotatable bonds is 8. The van der Waals surface area contributed by atoms with Crippen LogP contribution in [-0.4, -0.2) is 11.8 Å². The fourth-order valence-electron chi connectivity index (χ4n) is 2.78.